The Morgan fingerprint density at radius 2 is 1.56 bits per heavy atom. The lowest BCUT2D eigenvalue weighted by molar-refractivity contribution is -0.122. The highest BCUT2D eigenvalue weighted by molar-refractivity contribution is 6.04. The van der Waals surface area contributed by atoms with Gasteiger partial charge in [-0.25, -0.2) is 0 Å². The summed E-state index contributed by atoms with van der Waals surface area (Å²) in [5.41, 5.74) is 2.67. The van der Waals surface area contributed by atoms with Crippen LogP contribution in [0.1, 0.15) is 32.8 Å². The van der Waals surface area contributed by atoms with Gasteiger partial charge >= 0.3 is 0 Å². The zero-order valence-electron chi connectivity index (χ0n) is 20.0. The Hall–Kier alpha value is -3.80. The molecule has 4 rings (SSSR count). The largest absolute Gasteiger partial charge is 0.495 e. The van der Waals surface area contributed by atoms with Crippen LogP contribution in [0.25, 0.3) is 0 Å². The molecule has 6 heteroatoms. The molecule has 0 radical (unpaired) electrons. The van der Waals surface area contributed by atoms with Crippen molar-refractivity contribution in [1.82, 2.24) is 0 Å². The highest BCUT2D eigenvalue weighted by Gasteiger charge is 2.36. The van der Waals surface area contributed by atoms with Gasteiger partial charge in [0.15, 0.2) is 0 Å². The van der Waals surface area contributed by atoms with Crippen LogP contribution in [0.3, 0.4) is 0 Å². The average Bonchev–Trinajstić information content (AvgIpc) is 3.21. The maximum absolute atomic E-state index is 12.8. The number of rotatable bonds is 6. The quantitative estimate of drug-likeness (QED) is 0.509. The van der Waals surface area contributed by atoms with Crippen LogP contribution in [0.2, 0.25) is 0 Å². The molecule has 1 N–H and O–H groups in total. The zero-order chi connectivity index (χ0) is 24.3. The highest BCUT2D eigenvalue weighted by Crippen LogP contribution is 2.33. The van der Waals surface area contributed by atoms with E-state index >= 15 is 0 Å². The standard InChI is InChI=1S/C28H30N2O4/c1-28(2,3)20-9-13-22(14-10-20)34-23-15-11-21(12-16-23)29-27(32)19-17-26(31)30(18-19)24-7-5-6-8-25(24)33-4/h5-16,19H,17-18H2,1-4H3,(H,29,32)/t19-/m0/s1. The molecule has 0 unspecified atom stereocenters. The van der Waals surface area contributed by atoms with E-state index < -0.39 is 5.92 Å². The number of hydrogen-bond acceptors (Lipinski definition) is 4. The topological polar surface area (TPSA) is 67.9 Å². The van der Waals surface area contributed by atoms with Crippen LogP contribution in [-0.4, -0.2) is 25.5 Å². The number of hydrogen-bond donors (Lipinski definition) is 1. The van der Waals surface area contributed by atoms with Crippen LogP contribution in [0.5, 0.6) is 17.2 Å². The molecule has 1 heterocycles. The number of anilines is 2. The Morgan fingerprint density at radius 3 is 2.18 bits per heavy atom. The first-order valence-electron chi connectivity index (χ1n) is 11.4. The van der Waals surface area contributed by atoms with Crippen LogP contribution in [0.4, 0.5) is 11.4 Å². The minimum atomic E-state index is -0.435. The summed E-state index contributed by atoms with van der Waals surface area (Å²) in [6, 6.07) is 22.6. The lowest BCUT2D eigenvalue weighted by Crippen LogP contribution is -2.28. The number of carbonyl (C=O) groups excluding carboxylic acids is 2. The van der Waals surface area contributed by atoms with Crippen molar-refractivity contribution in [2.45, 2.75) is 32.6 Å². The van der Waals surface area contributed by atoms with Gasteiger partial charge in [-0.05, 0) is 59.5 Å². The van der Waals surface area contributed by atoms with Gasteiger partial charge < -0.3 is 19.7 Å². The number of nitrogens with zero attached hydrogens (tertiary/aromatic N) is 1. The van der Waals surface area contributed by atoms with Gasteiger partial charge in [0, 0.05) is 18.7 Å². The molecule has 3 aromatic carbocycles. The Labute approximate surface area is 200 Å². The lowest BCUT2D eigenvalue weighted by atomic mass is 9.87. The predicted molar refractivity (Wildman–Crippen MR) is 134 cm³/mol. The van der Waals surface area contributed by atoms with Crippen molar-refractivity contribution in [3.05, 3.63) is 78.4 Å². The summed E-state index contributed by atoms with van der Waals surface area (Å²) >= 11 is 0. The van der Waals surface area contributed by atoms with Gasteiger partial charge in [-0.3, -0.25) is 9.59 Å². The van der Waals surface area contributed by atoms with Crippen molar-refractivity contribution >= 4 is 23.2 Å². The van der Waals surface area contributed by atoms with Crippen LogP contribution in [0, 0.1) is 5.92 Å². The summed E-state index contributed by atoms with van der Waals surface area (Å²) in [6.45, 7) is 6.84. The summed E-state index contributed by atoms with van der Waals surface area (Å²) in [7, 11) is 1.57. The number of nitrogens with one attached hydrogen (secondary N) is 1. The number of ether oxygens (including phenoxy) is 2. The Kier molecular flexibility index (Phi) is 6.59. The SMILES string of the molecule is COc1ccccc1N1C[C@@H](C(=O)Nc2ccc(Oc3ccc(C(C)(C)C)cc3)cc2)CC1=O. The molecule has 1 saturated heterocycles. The number of methoxy groups -OCH3 is 1. The minimum absolute atomic E-state index is 0.0898. The van der Waals surface area contributed by atoms with Crippen molar-refractivity contribution in [3.8, 4) is 17.2 Å². The van der Waals surface area contributed by atoms with E-state index in [1.807, 2.05) is 42.5 Å². The average molecular weight is 459 g/mol. The van der Waals surface area contributed by atoms with Crippen molar-refractivity contribution in [2.24, 2.45) is 5.92 Å². The second kappa shape index (κ2) is 9.59. The first-order valence-corrected chi connectivity index (χ1v) is 11.4. The van der Waals surface area contributed by atoms with E-state index in [4.69, 9.17) is 9.47 Å². The summed E-state index contributed by atoms with van der Waals surface area (Å²) in [6.07, 6.45) is 0.162. The molecule has 0 saturated carbocycles. The van der Waals surface area contributed by atoms with E-state index in [9.17, 15) is 9.59 Å². The van der Waals surface area contributed by atoms with Crippen molar-refractivity contribution in [3.63, 3.8) is 0 Å². The van der Waals surface area contributed by atoms with Gasteiger partial charge in [0.2, 0.25) is 11.8 Å². The number of para-hydroxylation sites is 2. The number of benzene rings is 3. The third-order valence-electron chi connectivity index (χ3n) is 5.95. The van der Waals surface area contributed by atoms with Gasteiger partial charge in [0.1, 0.15) is 17.2 Å². The smallest absolute Gasteiger partial charge is 0.229 e. The first-order chi connectivity index (χ1) is 16.2. The van der Waals surface area contributed by atoms with Gasteiger partial charge in [0.25, 0.3) is 0 Å². The summed E-state index contributed by atoms with van der Waals surface area (Å²) in [5.74, 6) is 1.34. The summed E-state index contributed by atoms with van der Waals surface area (Å²) < 4.78 is 11.3. The van der Waals surface area contributed by atoms with E-state index in [1.165, 1.54) is 5.56 Å². The number of carbonyl (C=O) groups is 2. The van der Waals surface area contributed by atoms with E-state index in [-0.39, 0.29) is 23.7 Å². The molecule has 1 aliphatic rings. The van der Waals surface area contributed by atoms with Crippen LogP contribution in [-0.2, 0) is 15.0 Å². The van der Waals surface area contributed by atoms with Gasteiger partial charge in [-0.15, -0.1) is 0 Å². The van der Waals surface area contributed by atoms with Gasteiger partial charge in [-0.2, -0.15) is 0 Å². The van der Waals surface area contributed by atoms with E-state index in [0.717, 1.165) is 5.75 Å². The lowest BCUT2D eigenvalue weighted by Gasteiger charge is -2.19. The first kappa shape index (κ1) is 23.4. The Balaban J connectivity index is 1.36. The molecule has 0 aliphatic carbocycles. The molecule has 34 heavy (non-hydrogen) atoms. The maximum atomic E-state index is 12.8. The van der Waals surface area contributed by atoms with Crippen molar-refractivity contribution in [1.29, 1.82) is 0 Å². The van der Waals surface area contributed by atoms with E-state index in [2.05, 4.69) is 38.2 Å². The fraction of sp³-hybridized carbons (Fsp3) is 0.286. The second-order valence-electron chi connectivity index (χ2n) is 9.47. The molecule has 0 spiro atoms. The molecule has 3 aromatic rings. The van der Waals surface area contributed by atoms with Crippen molar-refractivity contribution in [2.75, 3.05) is 23.9 Å². The summed E-state index contributed by atoms with van der Waals surface area (Å²) in [4.78, 5) is 27.0. The number of amides is 2. The third-order valence-corrected chi connectivity index (χ3v) is 5.95. The zero-order valence-corrected chi connectivity index (χ0v) is 20.0. The van der Waals surface area contributed by atoms with E-state index in [0.29, 0.717) is 29.4 Å². The van der Waals surface area contributed by atoms with E-state index in [1.54, 1.807) is 30.2 Å². The monoisotopic (exact) mass is 458 g/mol. The third kappa shape index (κ3) is 5.22. The molecular formula is C28H30N2O4. The van der Waals surface area contributed by atoms with Crippen LogP contribution in [0.15, 0.2) is 72.8 Å². The molecule has 176 valence electrons. The Bertz CT molecular complexity index is 1160. The molecule has 6 nitrogen and oxygen atoms in total. The fourth-order valence-corrected chi connectivity index (χ4v) is 3.98. The predicted octanol–water partition coefficient (Wildman–Crippen LogP) is 5.78. The molecule has 2 amide bonds. The Morgan fingerprint density at radius 1 is 0.941 bits per heavy atom. The van der Waals surface area contributed by atoms with Gasteiger partial charge in [-0.1, -0.05) is 45.0 Å². The molecule has 0 bridgehead atoms. The summed E-state index contributed by atoms with van der Waals surface area (Å²) in [5, 5.41) is 2.92. The molecule has 1 aliphatic heterocycles. The van der Waals surface area contributed by atoms with Crippen molar-refractivity contribution < 1.29 is 19.1 Å². The highest BCUT2D eigenvalue weighted by atomic mass is 16.5. The molecule has 1 atom stereocenters. The molecule has 0 aromatic heterocycles. The second-order valence-corrected chi connectivity index (χ2v) is 9.47. The fourth-order valence-electron chi connectivity index (χ4n) is 3.98. The molecular weight excluding hydrogens is 428 g/mol. The van der Waals surface area contributed by atoms with Gasteiger partial charge in [0.05, 0.1) is 18.7 Å². The van der Waals surface area contributed by atoms with Crippen LogP contribution < -0.4 is 19.7 Å². The van der Waals surface area contributed by atoms with Crippen LogP contribution >= 0.6 is 0 Å². The maximum Gasteiger partial charge on any atom is 0.229 e. The minimum Gasteiger partial charge on any atom is -0.495 e. The molecule has 1 fully saturated rings. The normalized spacial score (nSPS) is 15.8.